The molecule has 0 heterocycles. The molecule has 0 aliphatic rings. The minimum absolute atomic E-state index is 0.173. The second kappa shape index (κ2) is 11.8. The van der Waals surface area contributed by atoms with Gasteiger partial charge in [0.15, 0.2) is 10.2 Å². The van der Waals surface area contributed by atoms with E-state index in [1.165, 1.54) is 0 Å². The summed E-state index contributed by atoms with van der Waals surface area (Å²) in [6.45, 7) is 1.37. The van der Waals surface area contributed by atoms with Crippen molar-refractivity contribution in [1.29, 1.82) is 0 Å². The molecule has 0 saturated carbocycles. The van der Waals surface area contributed by atoms with Crippen molar-refractivity contribution in [3.05, 3.63) is 90.0 Å². The first-order valence-corrected chi connectivity index (χ1v) is 12.1. The van der Waals surface area contributed by atoms with E-state index in [1.54, 1.807) is 24.3 Å². The molecule has 3 aromatic carbocycles. The van der Waals surface area contributed by atoms with Crippen LogP contribution in [0.4, 0.5) is 0 Å². The molecule has 7 nitrogen and oxygen atoms in total. The molecule has 3 rings (SSSR count). The second-order valence-corrected chi connectivity index (χ2v) is 10.2. The number of alkyl halides is 1. The summed E-state index contributed by atoms with van der Waals surface area (Å²) in [5, 5.41) is 11.5. The smallest absolute Gasteiger partial charge is 0.341 e. The van der Waals surface area contributed by atoms with Crippen LogP contribution in [-0.4, -0.2) is 33.0 Å². The highest BCUT2D eigenvalue weighted by molar-refractivity contribution is 14.1. The number of nitrogens with one attached hydrogen (secondary N) is 1. The van der Waals surface area contributed by atoms with Crippen molar-refractivity contribution in [3.63, 3.8) is 0 Å². The van der Waals surface area contributed by atoms with Gasteiger partial charge in [0.1, 0.15) is 5.75 Å². The third-order valence-corrected chi connectivity index (χ3v) is 6.68. The predicted molar refractivity (Wildman–Crippen MR) is 142 cm³/mol. The van der Waals surface area contributed by atoms with E-state index in [2.05, 4.69) is 5.32 Å². The first-order valence-electron chi connectivity index (χ1n) is 11.0. The number of carboxylic acid groups (broad SMARTS) is 1. The largest absolute Gasteiger partial charge is 0.482 e. The van der Waals surface area contributed by atoms with Crippen molar-refractivity contribution in [2.45, 2.75) is 23.3 Å². The monoisotopic (exact) mass is 586 g/mol. The summed E-state index contributed by atoms with van der Waals surface area (Å²) in [4.78, 5) is 35.8. The molecular formula is C27H27IN2O5. The van der Waals surface area contributed by atoms with Gasteiger partial charge in [-0.3, -0.25) is 9.59 Å². The molecule has 0 saturated heterocycles. The van der Waals surface area contributed by atoms with E-state index in [0.717, 1.165) is 22.3 Å². The topological polar surface area (TPSA) is 119 Å². The van der Waals surface area contributed by atoms with Crippen LogP contribution >= 0.6 is 22.6 Å². The fourth-order valence-corrected chi connectivity index (χ4v) is 4.26. The SMILES string of the molecule is C[C@@H](Cc1ccc(-c2ccccc2)cc1)C(=O)N[C@](I)(Cc1ccc(OCC(=O)O)cc1)C(N)=O. The number of carbonyl (C=O) groups excluding carboxylic acids is 2. The second-order valence-electron chi connectivity index (χ2n) is 8.33. The summed E-state index contributed by atoms with van der Waals surface area (Å²) in [6, 6.07) is 24.8. The highest BCUT2D eigenvalue weighted by Gasteiger charge is 2.36. The number of nitrogens with two attached hydrogens (primary N) is 1. The highest BCUT2D eigenvalue weighted by Crippen LogP contribution is 2.25. The molecule has 0 aliphatic carbocycles. The van der Waals surface area contributed by atoms with Crippen LogP contribution in [0.25, 0.3) is 11.1 Å². The minimum Gasteiger partial charge on any atom is -0.482 e. The molecule has 0 fully saturated rings. The van der Waals surface area contributed by atoms with Gasteiger partial charge >= 0.3 is 5.97 Å². The van der Waals surface area contributed by atoms with Crippen molar-refractivity contribution in [3.8, 4) is 16.9 Å². The third kappa shape index (κ3) is 7.54. The molecule has 0 bridgehead atoms. The Kier molecular flexibility index (Phi) is 8.86. The van der Waals surface area contributed by atoms with Crippen LogP contribution < -0.4 is 15.8 Å². The molecule has 8 heteroatoms. The molecule has 0 radical (unpaired) electrons. The summed E-state index contributed by atoms with van der Waals surface area (Å²) in [7, 11) is 0. The number of halogens is 1. The molecule has 0 unspecified atom stereocenters. The number of primary amides is 1. The fourth-order valence-electron chi connectivity index (χ4n) is 3.55. The van der Waals surface area contributed by atoms with Crippen LogP contribution in [0.5, 0.6) is 5.75 Å². The van der Waals surface area contributed by atoms with Gasteiger partial charge in [-0.05, 0) is 63.4 Å². The molecule has 182 valence electrons. The van der Waals surface area contributed by atoms with Crippen molar-refractivity contribution in [2.24, 2.45) is 11.7 Å². The van der Waals surface area contributed by atoms with Crippen LogP contribution in [-0.2, 0) is 27.2 Å². The molecule has 0 aliphatic heterocycles. The molecule has 2 atom stereocenters. The van der Waals surface area contributed by atoms with E-state index in [9.17, 15) is 14.4 Å². The number of rotatable bonds is 11. The Morgan fingerprint density at radius 3 is 2.09 bits per heavy atom. The molecule has 2 amide bonds. The van der Waals surface area contributed by atoms with Gasteiger partial charge in [-0.15, -0.1) is 0 Å². The van der Waals surface area contributed by atoms with E-state index in [-0.39, 0.29) is 18.2 Å². The standard InChI is InChI=1S/C27H27IN2O5/c1-18(15-19-7-11-22(12-8-19)21-5-3-2-4-6-21)25(33)30-27(28,26(29)34)16-20-9-13-23(14-10-20)35-17-24(31)32/h2-14,18H,15-17H2,1H3,(H2,29,34)(H,30,33)(H,31,32)/t18-,27+/m0/s1. The van der Waals surface area contributed by atoms with Crippen molar-refractivity contribution >= 4 is 40.4 Å². The number of ether oxygens (including phenoxy) is 1. The fraction of sp³-hybridized carbons (Fsp3) is 0.222. The van der Waals surface area contributed by atoms with E-state index in [4.69, 9.17) is 15.6 Å². The zero-order valence-corrected chi connectivity index (χ0v) is 21.4. The maximum atomic E-state index is 12.9. The summed E-state index contributed by atoms with van der Waals surface area (Å²) in [5.41, 5.74) is 9.64. The van der Waals surface area contributed by atoms with E-state index in [1.807, 2.05) is 84.1 Å². The Morgan fingerprint density at radius 1 is 0.943 bits per heavy atom. The van der Waals surface area contributed by atoms with Crippen molar-refractivity contribution < 1.29 is 24.2 Å². The van der Waals surface area contributed by atoms with Crippen LogP contribution in [0, 0.1) is 5.92 Å². The lowest BCUT2D eigenvalue weighted by atomic mass is 9.97. The Labute approximate surface area is 217 Å². The Hall–Kier alpha value is -3.40. The maximum Gasteiger partial charge on any atom is 0.341 e. The minimum atomic E-state index is -1.32. The van der Waals surface area contributed by atoms with E-state index in [0.29, 0.717) is 12.2 Å². The number of aliphatic carboxylic acids is 1. The average Bonchev–Trinajstić information content (AvgIpc) is 2.84. The third-order valence-electron chi connectivity index (χ3n) is 5.50. The van der Waals surface area contributed by atoms with Gasteiger partial charge in [0.25, 0.3) is 5.91 Å². The Morgan fingerprint density at radius 2 is 1.51 bits per heavy atom. The highest BCUT2D eigenvalue weighted by atomic mass is 127. The molecule has 4 N–H and O–H groups in total. The van der Waals surface area contributed by atoms with Gasteiger partial charge in [0, 0.05) is 12.3 Å². The summed E-state index contributed by atoms with van der Waals surface area (Å²) < 4.78 is 3.81. The van der Waals surface area contributed by atoms with Gasteiger partial charge < -0.3 is 20.9 Å². The molecular weight excluding hydrogens is 559 g/mol. The molecule has 35 heavy (non-hydrogen) atoms. The number of amides is 2. The van der Waals surface area contributed by atoms with Crippen molar-refractivity contribution in [1.82, 2.24) is 5.32 Å². The van der Waals surface area contributed by atoms with Crippen LogP contribution in [0.2, 0.25) is 0 Å². The van der Waals surface area contributed by atoms with Crippen LogP contribution in [0.1, 0.15) is 18.1 Å². The van der Waals surface area contributed by atoms with Crippen LogP contribution in [0.3, 0.4) is 0 Å². The number of hydrogen-bond acceptors (Lipinski definition) is 4. The molecule has 0 spiro atoms. The maximum absolute atomic E-state index is 12.9. The summed E-state index contributed by atoms with van der Waals surface area (Å²) in [6.07, 6.45) is 0.689. The zero-order valence-electron chi connectivity index (χ0n) is 19.2. The number of carboxylic acids is 1. The average molecular weight is 586 g/mol. The molecule has 3 aromatic rings. The number of hydrogen-bond donors (Lipinski definition) is 3. The lowest BCUT2D eigenvalue weighted by Gasteiger charge is -2.27. The Balaban J connectivity index is 1.62. The quantitative estimate of drug-likeness (QED) is 0.179. The first-order chi connectivity index (χ1) is 16.7. The van der Waals surface area contributed by atoms with Gasteiger partial charge in [0.05, 0.1) is 0 Å². The van der Waals surface area contributed by atoms with Crippen LogP contribution in [0.15, 0.2) is 78.9 Å². The van der Waals surface area contributed by atoms with Gasteiger partial charge in [-0.2, -0.15) is 0 Å². The Bertz CT molecular complexity index is 1170. The van der Waals surface area contributed by atoms with Gasteiger partial charge in [0.2, 0.25) is 5.91 Å². The van der Waals surface area contributed by atoms with Gasteiger partial charge in [-0.1, -0.05) is 73.7 Å². The number of carbonyl (C=O) groups is 3. The number of benzene rings is 3. The van der Waals surface area contributed by atoms with E-state index >= 15 is 0 Å². The summed E-state index contributed by atoms with van der Waals surface area (Å²) in [5.74, 6) is -1.98. The normalized spacial score (nSPS) is 13.3. The van der Waals surface area contributed by atoms with Crippen molar-refractivity contribution in [2.75, 3.05) is 6.61 Å². The first kappa shape index (κ1) is 26.2. The van der Waals surface area contributed by atoms with Gasteiger partial charge in [-0.25, -0.2) is 4.79 Å². The molecule has 0 aromatic heterocycles. The lowest BCUT2D eigenvalue weighted by Crippen LogP contribution is -2.55. The predicted octanol–water partition coefficient (Wildman–Crippen LogP) is 3.97. The zero-order chi connectivity index (χ0) is 25.4. The lowest BCUT2D eigenvalue weighted by molar-refractivity contribution is -0.139. The van der Waals surface area contributed by atoms with E-state index < -0.39 is 22.0 Å². The summed E-state index contributed by atoms with van der Waals surface area (Å²) >= 11 is 1.88.